The molecule has 1 aromatic rings. The second-order valence-electron chi connectivity index (χ2n) is 6.94. The maximum Gasteiger partial charge on any atom is 0.194 e. The zero-order chi connectivity index (χ0) is 17.5. The van der Waals surface area contributed by atoms with Crippen molar-refractivity contribution >= 4 is 29.9 Å². The van der Waals surface area contributed by atoms with Gasteiger partial charge in [0, 0.05) is 46.3 Å². The molecule has 0 unspecified atom stereocenters. The first kappa shape index (κ1) is 22.0. The Hall–Kier alpha value is -1.02. The van der Waals surface area contributed by atoms with Crippen LogP contribution in [0.15, 0.2) is 23.2 Å². The topological polar surface area (TPSA) is 40.1 Å². The lowest BCUT2D eigenvalue weighted by molar-refractivity contribution is 0.164. The monoisotopic (exact) mass is 460 g/mol. The van der Waals surface area contributed by atoms with Gasteiger partial charge in [-0.3, -0.25) is 9.89 Å². The van der Waals surface area contributed by atoms with Crippen LogP contribution < -0.4 is 10.1 Å². The highest BCUT2D eigenvalue weighted by Crippen LogP contribution is 2.16. The number of halogens is 1. The first-order valence-corrected chi connectivity index (χ1v) is 8.84. The second-order valence-corrected chi connectivity index (χ2v) is 6.94. The molecule has 0 amide bonds. The number of hydrogen-bond acceptors (Lipinski definition) is 3. The number of nitrogens with one attached hydrogen (secondary N) is 1. The second kappa shape index (κ2) is 10.9. The molecule has 0 radical (unpaired) electrons. The summed E-state index contributed by atoms with van der Waals surface area (Å²) >= 11 is 0. The van der Waals surface area contributed by atoms with Gasteiger partial charge in [-0.1, -0.05) is 19.9 Å². The van der Waals surface area contributed by atoms with E-state index in [1.54, 1.807) is 7.11 Å². The van der Waals surface area contributed by atoms with Crippen molar-refractivity contribution in [3.63, 3.8) is 0 Å². The Balaban J connectivity index is 0.00000312. The summed E-state index contributed by atoms with van der Waals surface area (Å²) in [6.45, 7) is 12.9. The molecule has 1 aliphatic heterocycles. The van der Waals surface area contributed by atoms with Crippen LogP contribution in [0.4, 0.5) is 0 Å². The van der Waals surface area contributed by atoms with Crippen molar-refractivity contribution in [3.05, 3.63) is 29.3 Å². The Morgan fingerprint density at radius 3 is 2.44 bits per heavy atom. The normalized spacial score (nSPS) is 15.9. The molecule has 0 bridgehead atoms. The number of methoxy groups -OCH3 is 1. The van der Waals surface area contributed by atoms with Crippen LogP contribution in [0.1, 0.15) is 25.0 Å². The average Bonchev–Trinajstić information content (AvgIpc) is 2.55. The fourth-order valence-electron chi connectivity index (χ4n) is 3.22. The third kappa shape index (κ3) is 7.01. The Morgan fingerprint density at radius 2 is 1.88 bits per heavy atom. The molecule has 0 saturated carbocycles. The number of aliphatic imine (C=N–C) groups is 1. The molecular formula is C19H33IN4O. The van der Waals surface area contributed by atoms with Gasteiger partial charge in [-0.05, 0) is 36.1 Å². The number of piperazine rings is 1. The van der Waals surface area contributed by atoms with Crippen molar-refractivity contribution in [2.24, 2.45) is 10.9 Å². The van der Waals surface area contributed by atoms with Crippen LogP contribution in [-0.2, 0) is 6.54 Å². The molecule has 0 aliphatic carbocycles. The zero-order valence-corrected chi connectivity index (χ0v) is 18.5. The number of ether oxygens (including phenoxy) is 1. The van der Waals surface area contributed by atoms with Crippen molar-refractivity contribution in [1.82, 2.24) is 15.1 Å². The minimum atomic E-state index is 0. The SMILES string of the molecule is CN=C(NCc1cc(C)cc(OC)c1)N1CCN(CC(C)C)CC1.I. The molecular weight excluding hydrogens is 427 g/mol. The standard InChI is InChI=1S/C19H32N4O.HI/c1-15(2)14-22-6-8-23(9-7-22)19(20-4)21-13-17-10-16(3)11-18(12-17)24-5;/h10-12,15H,6-9,13-14H2,1-5H3,(H,20,21);1H. The summed E-state index contributed by atoms with van der Waals surface area (Å²) in [7, 11) is 3.57. The van der Waals surface area contributed by atoms with Gasteiger partial charge in [-0.25, -0.2) is 0 Å². The molecule has 1 heterocycles. The molecule has 142 valence electrons. The van der Waals surface area contributed by atoms with E-state index in [4.69, 9.17) is 4.74 Å². The third-order valence-corrected chi connectivity index (χ3v) is 4.30. The summed E-state index contributed by atoms with van der Waals surface area (Å²) in [4.78, 5) is 9.35. The van der Waals surface area contributed by atoms with Crippen molar-refractivity contribution in [2.75, 3.05) is 46.9 Å². The van der Waals surface area contributed by atoms with Gasteiger partial charge in [0.15, 0.2) is 5.96 Å². The minimum absolute atomic E-state index is 0. The van der Waals surface area contributed by atoms with Crippen LogP contribution in [0.5, 0.6) is 5.75 Å². The summed E-state index contributed by atoms with van der Waals surface area (Å²) in [5.41, 5.74) is 2.43. The summed E-state index contributed by atoms with van der Waals surface area (Å²) in [5.74, 6) is 2.62. The number of rotatable bonds is 5. The lowest BCUT2D eigenvalue weighted by Crippen LogP contribution is -2.52. The number of benzene rings is 1. The first-order chi connectivity index (χ1) is 11.5. The molecule has 1 aromatic carbocycles. The van der Waals surface area contributed by atoms with Gasteiger partial charge in [-0.15, -0.1) is 24.0 Å². The molecule has 25 heavy (non-hydrogen) atoms. The van der Waals surface area contributed by atoms with E-state index < -0.39 is 0 Å². The fraction of sp³-hybridized carbons (Fsp3) is 0.632. The fourth-order valence-corrected chi connectivity index (χ4v) is 3.22. The largest absolute Gasteiger partial charge is 0.497 e. The third-order valence-electron chi connectivity index (χ3n) is 4.30. The highest BCUT2D eigenvalue weighted by Gasteiger charge is 2.19. The van der Waals surface area contributed by atoms with Crippen LogP contribution in [0.3, 0.4) is 0 Å². The molecule has 0 atom stereocenters. The number of aryl methyl sites for hydroxylation is 1. The molecule has 1 saturated heterocycles. The highest BCUT2D eigenvalue weighted by molar-refractivity contribution is 14.0. The summed E-state index contributed by atoms with van der Waals surface area (Å²) in [5, 5.41) is 3.49. The lowest BCUT2D eigenvalue weighted by Gasteiger charge is -2.37. The van der Waals surface area contributed by atoms with Gasteiger partial charge >= 0.3 is 0 Å². The van der Waals surface area contributed by atoms with Gasteiger partial charge in [0.2, 0.25) is 0 Å². The predicted molar refractivity (Wildman–Crippen MR) is 116 cm³/mol. The van der Waals surface area contributed by atoms with Crippen molar-refractivity contribution < 1.29 is 4.74 Å². The van der Waals surface area contributed by atoms with Crippen LogP contribution in [0.2, 0.25) is 0 Å². The average molecular weight is 460 g/mol. The van der Waals surface area contributed by atoms with E-state index in [0.717, 1.165) is 50.4 Å². The zero-order valence-electron chi connectivity index (χ0n) is 16.2. The summed E-state index contributed by atoms with van der Waals surface area (Å²) in [6.07, 6.45) is 0. The van der Waals surface area contributed by atoms with Crippen molar-refractivity contribution in [3.8, 4) is 5.75 Å². The van der Waals surface area contributed by atoms with Crippen molar-refractivity contribution in [2.45, 2.75) is 27.3 Å². The van der Waals surface area contributed by atoms with E-state index in [1.807, 2.05) is 13.1 Å². The van der Waals surface area contributed by atoms with Crippen molar-refractivity contribution in [1.29, 1.82) is 0 Å². The molecule has 1 fully saturated rings. The minimum Gasteiger partial charge on any atom is -0.497 e. The number of nitrogens with zero attached hydrogens (tertiary/aromatic N) is 3. The van der Waals surface area contributed by atoms with Crippen LogP contribution >= 0.6 is 24.0 Å². The maximum atomic E-state index is 5.35. The molecule has 2 rings (SSSR count). The van der Waals surface area contributed by atoms with Gasteiger partial charge < -0.3 is 15.0 Å². The Kier molecular flexibility index (Phi) is 9.56. The summed E-state index contributed by atoms with van der Waals surface area (Å²) < 4.78 is 5.35. The Labute approximate surface area is 169 Å². The van der Waals surface area contributed by atoms with Gasteiger partial charge in [0.05, 0.1) is 7.11 Å². The molecule has 1 aliphatic rings. The quantitative estimate of drug-likeness (QED) is 0.417. The smallest absolute Gasteiger partial charge is 0.194 e. The van der Waals surface area contributed by atoms with Crippen LogP contribution in [-0.4, -0.2) is 62.6 Å². The molecule has 0 spiro atoms. The van der Waals surface area contributed by atoms with Crippen LogP contribution in [0, 0.1) is 12.8 Å². The van der Waals surface area contributed by atoms with E-state index in [-0.39, 0.29) is 24.0 Å². The molecule has 0 aromatic heterocycles. The van der Waals surface area contributed by atoms with Gasteiger partial charge in [0.1, 0.15) is 5.75 Å². The predicted octanol–water partition coefficient (Wildman–Crippen LogP) is 2.97. The lowest BCUT2D eigenvalue weighted by atomic mass is 10.1. The van der Waals surface area contributed by atoms with Gasteiger partial charge in [0.25, 0.3) is 0 Å². The maximum absolute atomic E-state index is 5.35. The molecule has 1 N–H and O–H groups in total. The Bertz CT molecular complexity index is 554. The highest BCUT2D eigenvalue weighted by atomic mass is 127. The summed E-state index contributed by atoms with van der Waals surface area (Å²) in [6, 6.07) is 6.31. The number of guanidine groups is 1. The van der Waals surface area contributed by atoms with E-state index in [9.17, 15) is 0 Å². The van der Waals surface area contributed by atoms with Crippen LogP contribution in [0.25, 0.3) is 0 Å². The van der Waals surface area contributed by atoms with E-state index in [0.29, 0.717) is 0 Å². The van der Waals surface area contributed by atoms with E-state index in [1.165, 1.54) is 17.7 Å². The van der Waals surface area contributed by atoms with E-state index in [2.05, 4.69) is 53.0 Å². The van der Waals surface area contributed by atoms with E-state index >= 15 is 0 Å². The Morgan fingerprint density at radius 1 is 1.20 bits per heavy atom. The first-order valence-electron chi connectivity index (χ1n) is 8.84. The number of hydrogen-bond donors (Lipinski definition) is 1. The molecule has 5 nitrogen and oxygen atoms in total. The van der Waals surface area contributed by atoms with Gasteiger partial charge in [-0.2, -0.15) is 0 Å². The molecule has 6 heteroatoms.